The van der Waals surface area contributed by atoms with E-state index in [4.69, 9.17) is 0 Å². The van der Waals surface area contributed by atoms with Crippen LogP contribution in [0.15, 0.2) is 18.2 Å². The van der Waals surface area contributed by atoms with Crippen LogP contribution in [0.25, 0.3) is 10.2 Å². The molecule has 2 rings (SSSR count). The lowest BCUT2D eigenvalue weighted by atomic mass is 10.2. The molecule has 8 heteroatoms. The molecule has 0 bridgehead atoms. The molecule has 0 radical (unpaired) electrons. The Labute approximate surface area is 94.7 Å². The number of hydrogen-bond acceptors (Lipinski definition) is 2. The number of nitrogens with zero attached hydrogens (tertiary/aromatic N) is 1. The summed E-state index contributed by atoms with van der Waals surface area (Å²) in [6.07, 6.45) is -9.22. The van der Waals surface area contributed by atoms with E-state index in [1.54, 1.807) is 0 Å². The third kappa shape index (κ3) is 2.36. The van der Waals surface area contributed by atoms with Crippen molar-refractivity contribution in [2.45, 2.75) is 12.4 Å². The Kier molecular flexibility index (Phi) is 2.57. The second-order valence-electron chi connectivity index (χ2n) is 3.20. The average Bonchev–Trinajstić information content (AvgIpc) is 2.57. The van der Waals surface area contributed by atoms with Gasteiger partial charge in [-0.2, -0.15) is 26.3 Å². The second-order valence-corrected chi connectivity index (χ2v) is 4.23. The lowest BCUT2D eigenvalue weighted by molar-refractivity contribution is -0.137. The summed E-state index contributed by atoms with van der Waals surface area (Å²) in [5.41, 5.74) is -1.30. The van der Waals surface area contributed by atoms with Gasteiger partial charge in [-0.1, -0.05) is 0 Å². The Morgan fingerprint density at radius 3 is 2.12 bits per heavy atom. The van der Waals surface area contributed by atoms with Gasteiger partial charge in [0.15, 0.2) is 5.01 Å². The van der Waals surface area contributed by atoms with Crippen LogP contribution >= 0.6 is 11.3 Å². The smallest absolute Gasteiger partial charge is 0.232 e. The third-order valence-corrected chi connectivity index (χ3v) is 3.04. The molecule has 1 aromatic heterocycles. The highest BCUT2D eigenvalue weighted by Gasteiger charge is 2.36. The predicted molar refractivity (Wildman–Crippen MR) is 49.6 cm³/mol. The van der Waals surface area contributed by atoms with E-state index >= 15 is 0 Å². The van der Waals surface area contributed by atoms with Crippen LogP contribution in [0, 0.1) is 0 Å². The van der Waals surface area contributed by atoms with Gasteiger partial charge in [-0.05, 0) is 18.2 Å². The molecule has 2 aromatic rings. The van der Waals surface area contributed by atoms with E-state index in [-0.39, 0.29) is 10.2 Å². The summed E-state index contributed by atoms with van der Waals surface area (Å²) in [4.78, 5) is 3.15. The summed E-state index contributed by atoms with van der Waals surface area (Å²) in [7, 11) is 0. The van der Waals surface area contributed by atoms with Crippen molar-refractivity contribution in [3.63, 3.8) is 0 Å². The van der Waals surface area contributed by atoms with Crippen LogP contribution in [0.4, 0.5) is 26.3 Å². The summed E-state index contributed by atoms with van der Waals surface area (Å²) in [6.45, 7) is 0. The van der Waals surface area contributed by atoms with E-state index in [2.05, 4.69) is 4.98 Å². The molecule has 0 aliphatic rings. The lowest BCUT2D eigenvalue weighted by Gasteiger charge is -2.04. The Morgan fingerprint density at radius 1 is 0.941 bits per heavy atom. The van der Waals surface area contributed by atoms with Crippen LogP contribution in [0.1, 0.15) is 10.6 Å². The van der Waals surface area contributed by atoms with E-state index in [0.717, 1.165) is 12.1 Å². The van der Waals surface area contributed by atoms with E-state index in [0.29, 0.717) is 17.4 Å². The zero-order chi connectivity index (χ0) is 12.8. The molecule has 0 aliphatic carbocycles. The first kappa shape index (κ1) is 12.2. The first-order valence-electron chi connectivity index (χ1n) is 4.23. The largest absolute Gasteiger partial charge is 0.443 e. The van der Waals surface area contributed by atoms with Gasteiger partial charge in [0.1, 0.15) is 0 Å². The number of fused-ring (bicyclic) bond motifs is 1. The van der Waals surface area contributed by atoms with E-state index in [9.17, 15) is 26.3 Å². The Morgan fingerprint density at radius 2 is 1.59 bits per heavy atom. The number of aromatic nitrogens is 1. The monoisotopic (exact) mass is 271 g/mol. The third-order valence-electron chi connectivity index (χ3n) is 1.96. The van der Waals surface area contributed by atoms with Crippen molar-refractivity contribution in [3.8, 4) is 0 Å². The first-order valence-corrected chi connectivity index (χ1v) is 5.04. The molecule has 0 unspecified atom stereocenters. The molecular formula is C9H3F6NS. The number of benzene rings is 1. The molecule has 0 saturated carbocycles. The van der Waals surface area contributed by atoms with Gasteiger partial charge < -0.3 is 0 Å². The van der Waals surface area contributed by atoms with Gasteiger partial charge in [0.2, 0.25) is 0 Å². The van der Waals surface area contributed by atoms with Crippen molar-refractivity contribution in [2.75, 3.05) is 0 Å². The molecule has 1 heterocycles. The summed E-state index contributed by atoms with van der Waals surface area (Å²) in [5, 5.41) is -1.15. The summed E-state index contributed by atoms with van der Waals surface area (Å²) in [5.74, 6) is 0. The van der Waals surface area contributed by atoms with Crippen molar-refractivity contribution in [2.24, 2.45) is 0 Å². The standard InChI is InChI=1S/C9H3F6NS/c10-8(11,12)4-1-2-6-5(3-4)16-7(17-6)9(13,14)15/h1-3H. The van der Waals surface area contributed by atoms with Crippen molar-refractivity contribution in [3.05, 3.63) is 28.8 Å². The summed E-state index contributed by atoms with van der Waals surface area (Å²) in [6, 6.07) is 2.34. The van der Waals surface area contributed by atoms with Gasteiger partial charge in [0, 0.05) is 0 Å². The van der Waals surface area contributed by atoms with Crippen LogP contribution in [0.3, 0.4) is 0 Å². The van der Waals surface area contributed by atoms with Gasteiger partial charge >= 0.3 is 12.4 Å². The Hall–Kier alpha value is -1.31. The van der Waals surface area contributed by atoms with Crippen molar-refractivity contribution in [1.29, 1.82) is 0 Å². The van der Waals surface area contributed by atoms with E-state index in [1.165, 1.54) is 0 Å². The quantitative estimate of drug-likeness (QED) is 0.650. The van der Waals surface area contributed by atoms with Crippen molar-refractivity contribution in [1.82, 2.24) is 4.98 Å². The molecule has 92 valence electrons. The molecule has 1 nitrogen and oxygen atoms in total. The average molecular weight is 271 g/mol. The fourth-order valence-corrected chi connectivity index (χ4v) is 2.04. The molecule has 17 heavy (non-hydrogen) atoms. The summed E-state index contributed by atoms with van der Waals surface area (Å²) < 4.78 is 73.9. The highest BCUT2D eigenvalue weighted by molar-refractivity contribution is 7.18. The zero-order valence-electron chi connectivity index (χ0n) is 7.86. The minimum Gasteiger partial charge on any atom is -0.232 e. The molecular weight excluding hydrogens is 268 g/mol. The first-order chi connectivity index (χ1) is 7.68. The van der Waals surface area contributed by atoms with E-state index in [1.807, 2.05) is 0 Å². The number of thiazole rings is 1. The molecule has 0 N–H and O–H groups in total. The molecule has 1 aromatic carbocycles. The van der Waals surface area contributed by atoms with Crippen LogP contribution in [-0.4, -0.2) is 4.98 Å². The highest BCUT2D eigenvalue weighted by Crippen LogP contribution is 2.37. The summed E-state index contributed by atoms with van der Waals surface area (Å²) >= 11 is 0.320. The number of alkyl halides is 6. The molecule has 0 spiro atoms. The topological polar surface area (TPSA) is 12.9 Å². The van der Waals surface area contributed by atoms with Gasteiger partial charge in [0.05, 0.1) is 15.8 Å². The fraction of sp³-hybridized carbons (Fsp3) is 0.222. The number of halogens is 6. The van der Waals surface area contributed by atoms with Crippen LogP contribution in [0.2, 0.25) is 0 Å². The molecule has 0 amide bonds. The van der Waals surface area contributed by atoms with Crippen LogP contribution in [0.5, 0.6) is 0 Å². The normalized spacial score (nSPS) is 13.3. The van der Waals surface area contributed by atoms with Crippen molar-refractivity contribution < 1.29 is 26.3 Å². The molecule has 0 aliphatic heterocycles. The minimum absolute atomic E-state index is 0.0744. The second kappa shape index (κ2) is 3.59. The van der Waals surface area contributed by atoms with Gasteiger partial charge in [-0.3, -0.25) is 0 Å². The number of hydrogen-bond donors (Lipinski definition) is 0. The maximum atomic E-state index is 12.3. The molecule has 0 atom stereocenters. The SMILES string of the molecule is FC(F)(F)c1ccc2sc(C(F)(F)F)nc2c1. The van der Waals surface area contributed by atoms with Crippen LogP contribution in [-0.2, 0) is 12.4 Å². The lowest BCUT2D eigenvalue weighted by Crippen LogP contribution is -2.04. The molecule has 0 fully saturated rings. The maximum Gasteiger partial charge on any atom is 0.443 e. The van der Waals surface area contributed by atoms with Gasteiger partial charge in [0.25, 0.3) is 0 Å². The molecule has 0 saturated heterocycles. The number of rotatable bonds is 0. The van der Waals surface area contributed by atoms with Crippen molar-refractivity contribution >= 4 is 21.6 Å². The minimum atomic E-state index is -4.64. The highest BCUT2D eigenvalue weighted by atomic mass is 32.1. The maximum absolute atomic E-state index is 12.3. The Bertz CT molecular complexity index is 541. The van der Waals surface area contributed by atoms with E-state index < -0.39 is 22.9 Å². The van der Waals surface area contributed by atoms with Gasteiger partial charge in [-0.25, -0.2) is 4.98 Å². The zero-order valence-corrected chi connectivity index (χ0v) is 8.67. The van der Waals surface area contributed by atoms with Gasteiger partial charge in [-0.15, -0.1) is 11.3 Å². The fourth-order valence-electron chi connectivity index (χ4n) is 1.23. The predicted octanol–water partition coefficient (Wildman–Crippen LogP) is 4.33. The van der Waals surface area contributed by atoms with Crippen LogP contribution < -0.4 is 0 Å². The Balaban J connectivity index is 2.56.